The summed E-state index contributed by atoms with van der Waals surface area (Å²) in [6, 6.07) is 21.2. The van der Waals surface area contributed by atoms with Gasteiger partial charge in [-0.05, 0) is 36.6 Å². The lowest BCUT2D eigenvalue weighted by atomic mass is 9.87. The van der Waals surface area contributed by atoms with Crippen molar-refractivity contribution in [3.8, 4) is 0 Å². The molecule has 4 rings (SSSR count). The Morgan fingerprint density at radius 2 is 1.56 bits per heavy atom. The number of likely N-dealkylation sites (tertiary alicyclic amines) is 1. The van der Waals surface area contributed by atoms with Crippen molar-refractivity contribution in [2.45, 2.75) is 31.5 Å². The van der Waals surface area contributed by atoms with Crippen molar-refractivity contribution in [1.29, 1.82) is 0 Å². The van der Waals surface area contributed by atoms with Crippen molar-refractivity contribution >= 4 is 0 Å². The zero-order valence-electron chi connectivity index (χ0n) is 15.4. The zero-order chi connectivity index (χ0) is 18.7. The number of nitrogens with zero attached hydrogens (tertiary/aromatic N) is 2. The Morgan fingerprint density at radius 3 is 2.30 bits per heavy atom. The third kappa shape index (κ3) is 3.97. The van der Waals surface area contributed by atoms with Crippen molar-refractivity contribution in [2.24, 2.45) is 0 Å². The van der Waals surface area contributed by atoms with Crippen LogP contribution in [-0.2, 0) is 18.7 Å². The normalized spacial score (nSPS) is 17.1. The second kappa shape index (κ2) is 7.67. The van der Waals surface area contributed by atoms with Gasteiger partial charge in [0.25, 0.3) is 0 Å². The first kappa shape index (κ1) is 18.0. The summed E-state index contributed by atoms with van der Waals surface area (Å²) in [6.45, 7) is 3.03. The van der Waals surface area contributed by atoms with Crippen LogP contribution in [0.15, 0.2) is 72.9 Å². The van der Waals surface area contributed by atoms with Crippen LogP contribution in [0.1, 0.15) is 29.7 Å². The van der Waals surface area contributed by atoms with Gasteiger partial charge in [0.1, 0.15) is 11.4 Å². The summed E-state index contributed by atoms with van der Waals surface area (Å²) >= 11 is 0. The Labute approximate surface area is 159 Å². The van der Waals surface area contributed by atoms with Crippen molar-refractivity contribution in [3.63, 3.8) is 0 Å². The van der Waals surface area contributed by atoms with Gasteiger partial charge in [0.05, 0.1) is 6.54 Å². The third-order valence-corrected chi connectivity index (χ3v) is 5.54. The summed E-state index contributed by atoms with van der Waals surface area (Å²) in [5, 5.41) is 11.3. The maximum Gasteiger partial charge on any atom is 0.128 e. The molecule has 1 saturated heterocycles. The lowest BCUT2D eigenvalue weighted by Gasteiger charge is -2.39. The summed E-state index contributed by atoms with van der Waals surface area (Å²) in [5.74, 6) is -0.207. The van der Waals surface area contributed by atoms with Crippen LogP contribution in [0.4, 0.5) is 4.39 Å². The van der Waals surface area contributed by atoms with E-state index < -0.39 is 5.60 Å². The molecule has 140 valence electrons. The number of benzene rings is 2. The second-order valence-corrected chi connectivity index (χ2v) is 7.41. The van der Waals surface area contributed by atoms with Gasteiger partial charge < -0.3 is 9.67 Å². The molecule has 1 N–H and O–H groups in total. The molecule has 1 aliphatic rings. The number of piperidine rings is 1. The predicted molar refractivity (Wildman–Crippen MR) is 105 cm³/mol. The van der Waals surface area contributed by atoms with E-state index in [1.54, 1.807) is 12.1 Å². The highest BCUT2D eigenvalue weighted by Crippen LogP contribution is 2.34. The Balaban J connectivity index is 1.45. The van der Waals surface area contributed by atoms with E-state index >= 15 is 0 Å². The maximum absolute atomic E-state index is 14.0. The van der Waals surface area contributed by atoms with E-state index in [0.717, 1.165) is 25.3 Å². The minimum absolute atomic E-state index is 0.207. The summed E-state index contributed by atoms with van der Waals surface area (Å²) in [5.41, 5.74) is 1.96. The largest absolute Gasteiger partial charge is 0.384 e. The molecule has 0 unspecified atom stereocenters. The van der Waals surface area contributed by atoms with Crippen LogP contribution >= 0.6 is 0 Å². The molecule has 3 aromatic rings. The zero-order valence-corrected chi connectivity index (χ0v) is 15.4. The van der Waals surface area contributed by atoms with E-state index in [9.17, 15) is 9.50 Å². The molecular formula is C23H25FN2O. The van der Waals surface area contributed by atoms with E-state index in [0.29, 0.717) is 24.9 Å². The first-order valence-electron chi connectivity index (χ1n) is 9.52. The smallest absolute Gasteiger partial charge is 0.128 e. The second-order valence-electron chi connectivity index (χ2n) is 7.41. The Morgan fingerprint density at radius 1 is 0.852 bits per heavy atom. The topological polar surface area (TPSA) is 28.4 Å². The molecular weight excluding hydrogens is 339 g/mol. The number of aromatic nitrogens is 1. The number of halogens is 1. The summed E-state index contributed by atoms with van der Waals surface area (Å²) in [6.07, 6.45) is 3.29. The molecule has 4 heteroatoms. The van der Waals surface area contributed by atoms with Gasteiger partial charge in [0.15, 0.2) is 0 Å². The molecule has 2 aromatic carbocycles. The van der Waals surface area contributed by atoms with Gasteiger partial charge in [-0.3, -0.25) is 4.90 Å². The number of hydrogen-bond acceptors (Lipinski definition) is 2. The van der Waals surface area contributed by atoms with Gasteiger partial charge in [-0.15, -0.1) is 0 Å². The number of aliphatic hydroxyl groups is 1. The fraction of sp³-hybridized carbons (Fsp3) is 0.304. The van der Waals surface area contributed by atoms with Crippen molar-refractivity contribution in [3.05, 3.63) is 95.6 Å². The third-order valence-electron chi connectivity index (χ3n) is 5.54. The van der Waals surface area contributed by atoms with Crippen LogP contribution in [-0.4, -0.2) is 27.7 Å². The minimum Gasteiger partial charge on any atom is -0.384 e. The summed E-state index contributed by atoms with van der Waals surface area (Å²) in [4.78, 5) is 2.38. The molecule has 0 atom stereocenters. The van der Waals surface area contributed by atoms with Crippen molar-refractivity contribution < 1.29 is 9.50 Å². The van der Waals surface area contributed by atoms with Crippen LogP contribution in [0.25, 0.3) is 0 Å². The number of rotatable bonds is 5. The molecule has 0 spiro atoms. The fourth-order valence-electron chi connectivity index (χ4n) is 3.96. The molecule has 0 amide bonds. The molecule has 0 bridgehead atoms. The molecule has 3 nitrogen and oxygen atoms in total. The average molecular weight is 364 g/mol. The SMILES string of the molecule is OC1(c2cccn2Cc2ccccc2F)CCN(Cc2ccccc2)CC1. The average Bonchev–Trinajstić information content (AvgIpc) is 3.16. The number of hydrogen-bond donors (Lipinski definition) is 1. The highest BCUT2D eigenvalue weighted by molar-refractivity contribution is 5.23. The first-order valence-corrected chi connectivity index (χ1v) is 9.52. The molecule has 1 fully saturated rings. The molecule has 27 heavy (non-hydrogen) atoms. The summed E-state index contributed by atoms with van der Waals surface area (Å²) in [7, 11) is 0. The highest BCUT2D eigenvalue weighted by atomic mass is 19.1. The van der Waals surface area contributed by atoms with Gasteiger partial charge >= 0.3 is 0 Å². The lowest BCUT2D eigenvalue weighted by molar-refractivity contribution is -0.0334. The van der Waals surface area contributed by atoms with Crippen LogP contribution in [0.3, 0.4) is 0 Å². The Hall–Kier alpha value is -2.43. The maximum atomic E-state index is 14.0. The van der Waals surface area contributed by atoms with Crippen molar-refractivity contribution in [1.82, 2.24) is 9.47 Å². The molecule has 2 heterocycles. The van der Waals surface area contributed by atoms with Gasteiger partial charge in [0, 0.05) is 37.1 Å². The molecule has 1 aromatic heterocycles. The summed E-state index contributed by atoms with van der Waals surface area (Å²) < 4.78 is 16.0. The molecule has 0 aliphatic carbocycles. The van der Waals surface area contributed by atoms with Gasteiger partial charge in [0.2, 0.25) is 0 Å². The highest BCUT2D eigenvalue weighted by Gasteiger charge is 2.36. The van der Waals surface area contributed by atoms with Crippen LogP contribution in [0.2, 0.25) is 0 Å². The van der Waals surface area contributed by atoms with Crippen molar-refractivity contribution in [2.75, 3.05) is 13.1 Å². The van der Waals surface area contributed by atoms with Gasteiger partial charge in [-0.25, -0.2) is 4.39 Å². The van der Waals surface area contributed by atoms with Crippen LogP contribution < -0.4 is 0 Å². The van der Waals surface area contributed by atoms with Crippen LogP contribution in [0, 0.1) is 5.82 Å². The Bertz CT molecular complexity index is 882. The Kier molecular flexibility index (Phi) is 5.10. The standard InChI is InChI=1S/C23H25FN2O/c24-21-10-5-4-9-20(21)18-26-14-6-11-22(26)23(27)12-15-25(16-13-23)17-19-7-2-1-3-8-19/h1-11,14,27H,12-13,15-18H2. The van der Waals surface area contributed by atoms with Gasteiger partial charge in [-0.1, -0.05) is 48.5 Å². The lowest BCUT2D eigenvalue weighted by Crippen LogP contribution is -2.43. The van der Waals surface area contributed by atoms with E-state index in [2.05, 4.69) is 29.2 Å². The quantitative estimate of drug-likeness (QED) is 0.736. The molecule has 0 saturated carbocycles. The van der Waals surface area contributed by atoms with E-state index in [1.807, 2.05) is 35.0 Å². The van der Waals surface area contributed by atoms with E-state index in [4.69, 9.17) is 0 Å². The molecule has 0 radical (unpaired) electrons. The van der Waals surface area contributed by atoms with Crippen LogP contribution in [0.5, 0.6) is 0 Å². The van der Waals surface area contributed by atoms with E-state index in [-0.39, 0.29) is 5.82 Å². The minimum atomic E-state index is -0.859. The fourth-order valence-corrected chi connectivity index (χ4v) is 3.96. The molecule has 1 aliphatic heterocycles. The predicted octanol–water partition coefficient (Wildman–Crippen LogP) is 4.16. The van der Waals surface area contributed by atoms with Gasteiger partial charge in [-0.2, -0.15) is 0 Å². The first-order chi connectivity index (χ1) is 13.1. The van der Waals surface area contributed by atoms with E-state index in [1.165, 1.54) is 11.6 Å². The monoisotopic (exact) mass is 364 g/mol.